The molecule has 3 aromatic rings. The number of halogens is 3. The molecular formula is C27H19Br2FN2O8. The summed E-state index contributed by atoms with van der Waals surface area (Å²) in [6.45, 7) is 0. The average molecular weight is 678 g/mol. The van der Waals surface area contributed by atoms with Crippen LogP contribution in [0.1, 0.15) is 15.9 Å². The van der Waals surface area contributed by atoms with Gasteiger partial charge in [0.2, 0.25) is 5.75 Å². The lowest BCUT2D eigenvalue weighted by Crippen LogP contribution is -2.54. The molecule has 40 heavy (non-hydrogen) atoms. The molecule has 13 heteroatoms. The highest BCUT2D eigenvalue weighted by atomic mass is 79.9. The van der Waals surface area contributed by atoms with E-state index in [1.807, 2.05) is 5.32 Å². The van der Waals surface area contributed by atoms with E-state index in [2.05, 4.69) is 31.9 Å². The zero-order valence-corrected chi connectivity index (χ0v) is 24.2. The lowest BCUT2D eigenvalue weighted by atomic mass is 10.1. The lowest BCUT2D eigenvalue weighted by molar-refractivity contribution is -0.122. The van der Waals surface area contributed by atoms with Crippen LogP contribution in [0, 0.1) is 5.82 Å². The smallest absolute Gasteiger partial charge is 0.343 e. The molecule has 10 nitrogen and oxygen atoms in total. The van der Waals surface area contributed by atoms with Gasteiger partial charge in [0, 0.05) is 10.0 Å². The number of nitrogens with zero attached hydrogens (tertiary/aromatic N) is 1. The van der Waals surface area contributed by atoms with Crippen molar-refractivity contribution in [1.82, 2.24) is 5.32 Å². The molecule has 1 heterocycles. The van der Waals surface area contributed by atoms with E-state index in [0.717, 1.165) is 12.1 Å². The molecule has 1 saturated heterocycles. The van der Waals surface area contributed by atoms with Crippen molar-refractivity contribution < 1.29 is 42.5 Å². The first-order valence-electron chi connectivity index (χ1n) is 11.3. The normalized spacial score (nSPS) is 14.2. The van der Waals surface area contributed by atoms with Crippen LogP contribution in [-0.2, 0) is 9.59 Å². The van der Waals surface area contributed by atoms with Crippen molar-refractivity contribution in [3.05, 3.63) is 80.0 Å². The molecule has 0 bridgehead atoms. The quantitative estimate of drug-likeness (QED) is 0.156. The maximum absolute atomic E-state index is 14.4. The average Bonchev–Trinajstić information content (AvgIpc) is 2.92. The Morgan fingerprint density at radius 3 is 2.17 bits per heavy atom. The lowest BCUT2D eigenvalue weighted by Gasteiger charge is -2.26. The Morgan fingerprint density at radius 1 is 0.925 bits per heavy atom. The van der Waals surface area contributed by atoms with Gasteiger partial charge in [-0.15, -0.1) is 0 Å². The van der Waals surface area contributed by atoms with Crippen molar-refractivity contribution in [3.8, 4) is 23.0 Å². The number of benzene rings is 3. The Hall–Kier alpha value is -4.23. The number of methoxy groups -OCH3 is 3. The van der Waals surface area contributed by atoms with Crippen molar-refractivity contribution in [3.63, 3.8) is 0 Å². The largest absolute Gasteiger partial charge is 0.493 e. The number of amides is 4. The summed E-state index contributed by atoms with van der Waals surface area (Å²) in [5.74, 6) is -3.11. The molecule has 1 aliphatic rings. The van der Waals surface area contributed by atoms with Crippen LogP contribution in [0.15, 0.2) is 63.0 Å². The first-order chi connectivity index (χ1) is 19.1. The van der Waals surface area contributed by atoms with Gasteiger partial charge in [-0.2, -0.15) is 0 Å². The number of esters is 1. The van der Waals surface area contributed by atoms with Crippen LogP contribution in [-0.4, -0.2) is 45.1 Å². The summed E-state index contributed by atoms with van der Waals surface area (Å²) in [5.41, 5.74) is -0.681. The summed E-state index contributed by atoms with van der Waals surface area (Å²) < 4.78 is 36.8. The maximum Gasteiger partial charge on any atom is 0.343 e. The number of hydrogen-bond acceptors (Lipinski definition) is 8. The van der Waals surface area contributed by atoms with Crippen LogP contribution in [0.5, 0.6) is 23.0 Å². The molecule has 4 rings (SSSR count). The van der Waals surface area contributed by atoms with E-state index in [0.29, 0.717) is 13.8 Å². The molecule has 0 radical (unpaired) electrons. The molecule has 0 atom stereocenters. The second-order valence-corrected chi connectivity index (χ2v) is 9.79. The Labute approximate surface area is 243 Å². The Morgan fingerprint density at radius 2 is 1.57 bits per heavy atom. The van der Waals surface area contributed by atoms with E-state index in [1.54, 1.807) is 6.07 Å². The third-order valence-electron chi connectivity index (χ3n) is 5.63. The topological polar surface area (TPSA) is 120 Å². The molecule has 0 saturated carbocycles. The molecule has 1 aliphatic heterocycles. The number of para-hydroxylation sites is 1. The zero-order valence-electron chi connectivity index (χ0n) is 21.0. The Balaban J connectivity index is 1.77. The van der Waals surface area contributed by atoms with Crippen molar-refractivity contribution in [1.29, 1.82) is 0 Å². The second kappa shape index (κ2) is 11.9. The number of ether oxygens (including phenoxy) is 4. The van der Waals surface area contributed by atoms with Crippen molar-refractivity contribution >= 4 is 67.4 Å². The fraction of sp³-hybridized carbons (Fsp3) is 0.111. The van der Waals surface area contributed by atoms with Crippen LogP contribution in [0.25, 0.3) is 6.08 Å². The summed E-state index contributed by atoms with van der Waals surface area (Å²) in [6, 6.07) is 9.86. The van der Waals surface area contributed by atoms with Crippen LogP contribution >= 0.6 is 31.9 Å². The Kier molecular flexibility index (Phi) is 8.55. The van der Waals surface area contributed by atoms with Crippen molar-refractivity contribution in [2.45, 2.75) is 0 Å². The number of urea groups is 1. The van der Waals surface area contributed by atoms with Crippen LogP contribution in [0.4, 0.5) is 14.9 Å². The molecule has 1 N–H and O–H groups in total. The molecule has 0 spiro atoms. The minimum Gasteiger partial charge on any atom is -0.493 e. The SMILES string of the molecule is COc1cc(C(=O)Oc2c(Br)cc(Br)cc2/C=C2/C(=O)NC(=O)N(c3ccccc3F)C2=O)cc(OC)c1OC. The van der Waals surface area contributed by atoms with Gasteiger partial charge in [-0.05, 0) is 58.4 Å². The van der Waals surface area contributed by atoms with Crippen LogP contribution < -0.4 is 29.2 Å². The van der Waals surface area contributed by atoms with Gasteiger partial charge in [0.05, 0.1) is 37.1 Å². The number of barbiturate groups is 1. The van der Waals surface area contributed by atoms with Gasteiger partial charge in [0.25, 0.3) is 11.8 Å². The molecule has 206 valence electrons. The summed E-state index contributed by atoms with van der Waals surface area (Å²) in [6.07, 6.45) is 1.13. The molecule has 4 amide bonds. The predicted molar refractivity (Wildman–Crippen MR) is 148 cm³/mol. The monoisotopic (exact) mass is 676 g/mol. The minimum atomic E-state index is -1.11. The second-order valence-electron chi connectivity index (χ2n) is 8.02. The van der Waals surface area contributed by atoms with E-state index in [4.69, 9.17) is 18.9 Å². The third-order valence-corrected chi connectivity index (χ3v) is 6.67. The van der Waals surface area contributed by atoms with Gasteiger partial charge in [-0.1, -0.05) is 28.1 Å². The van der Waals surface area contributed by atoms with Crippen molar-refractivity contribution in [2.75, 3.05) is 26.2 Å². The number of imide groups is 2. The number of carbonyl (C=O) groups excluding carboxylic acids is 4. The van der Waals surface area contributed by atoms with E-state index in [-0.39, 0.29) is 39.8 Å². The molecule has 0 aliphatic carbocycles. The fourth-order valence-corrected chi connectivity index (χ4v) is 5.15. The first-order valence-corrected chi connectivity index (χ1v) is 12.8. The van der Waals surface area contributed by atoms with Gasteiger partial charge >= 0.3 is 12.0 Å². The summed E-state index contributed by atoms with van der Waals surface area (Å²) in [7, 11) is 4.20. The number of anilines is 1. The Bertz CT molecular complexity index is 1570. The van der Waals surface area contributed by atoms with Gasteiger partial charge in [0.1, 0.15) is 11.4 Å². The number of nitrogens with one attached hydrogen (secondary N) is 1. The third kappa shape index (κ3) is 5.56. The van der Waals surface area contributed by atoms with Crippen LogP contribution in [0.2, 0.25) is 0 Å². The molecule has 0 unspecified atom stereocenters. The van der Waals surface area contributed by atoms with Gasteiger partial charge < -0.3 is 18.9 Å². The summed E-state index contributed by atoms with van der Waals surface area (Å²) >= 11 is 6.66. The van der Waals surface area contributed by atoms with Crippen molar-refractivity contribution in [2.24, 2.45) is 0 Å². The molecule has 0 aromatic heterocycles. The van der Waals surface area contributed by atoms with E-state index >= 15 is 0 Å². The van der Waals surface area contributed by atoms with E-state index in [1.165, 1.54) is 57.7 Å². The highest BCUT2D eigenvalue weighted by Crippen LogP contribution is 2.40. The standard InChI is InChI=1S/C27H19Br2FN2O8/c1-37-20-10-14(11-21(38-2)23(20)39-3)26(35)40-22-13(8-15(28)12-17(22)29)9-16-24(33)31-27(36)32(25(16)34)19-7-5-4-6-18(19)30/h4-12H,1-3H3,(H,31,33,36)/b16-9-. The maximum atomic E-state index is 14.4. The van der Waals surface area contributed by atoms with E-state index < -0.39 is 35.2 Å². The van der Waals surface area contributed by atoms with Crippen LogP contribution in [0.3, 0.4) is 0 Å². The van der Waals surface area contributed by atoms with Gasteiger partial charge in [-0.25, -0.2) is 18.9 Å². The highest BCUT2D eigenvalue weighted by Gasteiger charge is 2.38. The summed E-state index contributed by atoms with van der Waals surface area (Å²) in [4.78, 5) is 52.1. The fourth-order valence-electron chi connectivity index (χ4n) is 3.81. The molecule has 3 aromatic carbocycles. The number of rotatable bonds is 7. The highest BCUT2D eigenvalue weighted by molar-refractivity contribution is 9.11. The number of hydrogen-bond donors (Lipinski definition) is 1. The van der Waals surface area contributed by atoms with Gasteiger partial charge in [-0.3, -0.25) is 14.9 Å². The molecule has 1 fully saturated rings. The summed E-state index contributed by atoms with van der Waals surface area (Å²) in [5, 5.41) is 2.03. The predicted octanol–water partition coefficient (Wildman–Crippen LogP) is 5.26. The van der Waals surface area contributed by atoms with Gasteiger partial charge in [0.15, 0.2) is 17.2 Å². The first kappa shape index (κ1) is 28.8. The zero-order chi connectivity index (χ0) is 29.1. The molecular weight excluding hydrogens is 659 g/mol. The van der Waals surface area contributed by atoms with E-state index in [9.17, 15) is 23.6 Å². The minimum absolute atomic E-state index is 0.0470. The number of carbonyl (C=O) groups is 4.